The van der Waals surface area contributed by atoms with Crippen LogP contribution >= 0.6 is 11.6 Å². The van der Waals surface area contributed by atoms with Crippen molar-refractivity contribution in [3.05, 3.63) is 23.2 Å². The van der Waals surface area contributed by atoms with E-state index in [2.05, 4.69) is 16.0 Å². The second kappa shape index (κ2) is 6.47. The summed E-state index contributed by atoms with van der Waals surface area (Å²) in [6, 6.07) is 4.83. The van der Waals surface area contributed by atoms with E-state index >= 15 is 0 Å². The Labute approximate surface area is 121 Å². The lowest BCUT2D eigenvalue weighted by atomic mass is 10.3. The number of ether oxygens (including phenoxy) is 1. The molecule has 1 aromatic carbocycles. The van der Waals surface area contributed by atoms with Gasteiger partial charge in [0.15, 0.2) is 0 Å². The molecule has 1 fully saturated rings. The molecule has 0 aliphatic heterocycles. The predicted molar refractivity (Wildman–Crippen MR) is 76.2 cm³/mol. The molecule has 3 amide bonds. The number of nitrogens with one attached hydrogen (secondary N) is 3. The third-order valence-corrected chi connectivity index (χ3v) is 2.99. The highest BCUT2D eigenvalue weighted by atomic mass is 35.5. The van der Waals surface area contributed by atoms with Gasteiger partial charge in [0, 0.05) is 11.1 Å². The van der Waals surface area contributed by atoms with Crippen molar-refractivity contribution in [3.63, 3.8) is 0 Å². The first kappa shape index (κ1) is 14.5. The molecule has 108 valence electrons. The summed E-state index contributed by atoms with van der Waals surface area (Å²) in [5.74, 6) is 0.154. The van der Waals surface area contributed by atoms with E-state index in [0.29, 0.717) is 16.5 Å². The molecule has 0 spiro atoms. The minimum absolute atomic E-state index is 0.117. The van der Waals surface area contributed by atoms with E-state index < -0.39 is 0 Å². The van der Waals surface area contributed by atoms with Gasteiger partial charge in [-0.05, 0) is 31.0 Å². The Balaban J connectivity index is 1.84. The van der Waals surface area contributed by atoms with Crippen molar-refractivity contribution in [2.75, 3.05) is 19.0 Å². The van der Waals surface area contributed by atoms with Crippen molar-refractivity contribution in [2.24, 2.45) is 0 Å². The van der Waals surface area contributed by atoms with E-state index in [1.807, 2.05) is 0 Å². The molecule has 7 heteroatoms. The smallest absolute Gasteiger partial charge is 0.315 e. The molecule has 0 bridgehead atoms. The minimum Gasteiger partial charge on any atom is -0.495 e. The van der Waals surface area contributed by atoms with Crippen molar-refractivity contribution in [3.8, 4) is 5.75 Å². The molecular weight excluding hydrogens is 282 g/mol. The number of methoxy groups -OCH3 is 1. The summed E-state index contributed by atoms with van der Waals surface area (Å²) in [5.41, 5.74) is 0.467. The quantitative estimate of drug-likeness (QED) is 0.774. The number of hydrogen-bond donors (Lipinski definition) is 3. The highest BCUT2D eigenvalue weighted by Crippen LogP contribution is 2.27. The zero-order chi connectivity index (χ0) is 14.5. The Hall–Kier alpha value is -1.95. The normalized spacial score (nSPS) is 13.5. The van der Waals surface area contributed by atoms with Gasteiger partial charge in [-0.15, -0.1) is 0 Å². The zero-order valence-corrected chi connectivity index (χ0v) is 11.8. The first-order valence-corrected chi connectivity index (χ1v) is 6.64. The molecule has 0 unspecified atom stereocenters. The van der Waals surface area contributed by atoms with E-state index in [0.717, 1.165) is 12.8 Å². The van der Waals surface area contributed by atoms with Crippen LogP contribution in [0.15, 0.2) is 18.2 Å². The molecule has 0 heterocycles. The van der Waals surface area contributed by atoms with E-state index in [1.54, 1.807) is 18.2 Å². The zero-order valence-electron chi connectivity index (χ0n) is 11.0. The maximum atomic E-state index is 11.7. The van der Waals surface area contributed by atoms with Crippen LogP contribution in [0.2, 0.25) is 5.02 Å². The number of benzene rings is 1. The molecular formula is C13H16ClN3O3. The van der Waals surface area contributed by atoms with Crippen LogP contribution in [-0.2, 0) is 4.79 Å². The summed E-state index contributed by atoms with van der Waals surface area (Å²) in [6.45, 7) is -0.117. The molecule has 1 aliphatic carbocycles. The van der Waals surface area contributed by atoms with Crippen molar-refractivity contribution < 1.29 is 14.3 Å². The fraction of sp³-hybridized carbons (Fsp3) is 0.385. The van der Waals surface area contributed by atoms with Crippen LogP contribution in [0.1, 0.15) is 12.8 Å². The fourth-order valence-electron chi connectivity index (χ4n) is 1.60. The van der Waals surface area contributed by atoms with Crippen LogP contribution in [0.5, 0.6) is 5.75 Å². The molecule has 1 aromatic rings. The van der Waals surface area contributed by atoms with Crippen LogP contribution < -0.4 is 20.7 Å². The average molecular weight is 298 g/mol. The van der Waals surface area contributed by atoms with Crippen LogP contribution in [-0.4, -0.2) is 31.6 Å². The van der Waals surface area contributed by atoms with Crippen LogP contribution in [0.25, 0.3) is 0 Å². The number of carbonyl (C=O) groups excluding carboxylic acids is 2. The fourth-order valence-corrected chi connectivity index (χ4v) is 1.77. The number of amides is 3. The summed E-state index contributed by atoms with van der Waals surface area (Å²) in [6.07, 6.45) is 2.00. The number of halogens is 1. The number of hydrogen-bond acceptors (Lipinski definition) is 3. The van der Waals surface area contributed by atoms with Crippen molar-refractivity contribution >= 4 is 29.2 Å². The van der Waals surface area contributed by atoms with Crippen LogP contribution in [0, 0.1) is 0 Å². The molecule has 0 radical (unpaired) electrons. The lowest BCUT2D eigenvalue weighted by molar-refractivity contribution is -0.115. The van der Waals surface area contributed by atoms with E-state index in [1.165, 1.54) is 7.11 Å². The molecule has 20 heavy (non-hydrogen) atoms. The van der Waals surface area contributed by atoms with Gasteiger partial charge < -0.3 is 20.7 Å². The van der Waals surface area contributed by atoms with E-state index in [9.17, 15) is 9.59 Å². The predicted octanol–water partition coefficient (Wildman–Crippen LogP) is 1.75. The summed E-state index contributed by atoms with van der Waals surface area (Å²) < 4.78 is 5.11. The maximum absolute atomic E-state index is 11.7. The molecule has 1 saturated carbocycles. The molecule has 0 aromatic heterocycles. The summed E-state index contributed by atoms with van der Waals surface area (Å²) in [5, 5.41) is 8.34. The van der Waals surface area contributed by atoms with Gasteiger partial charge in [0.2, 0.25) is 5.91 Å². The largest absolute Gasteiger partial charge is 0.495 e. The Kier molecular flexibility index (Phi) is 4.68. The van der Waals surface area contributed by atoms with Gasteiger partial charge in [-0.3, -0.25) is 4.79 Å². The van der Waals surface area contributed by atoms with Gasteiger partial charge in [-0.2, -0.15) is 0 Å². The van der Waals surface area contributed by atoms with Gasteiger partial charge in [0.25, 0.3) is 0 Å². The standard InChI is InChI=1S/C13H16ClN3O3/c1-20-11-5-2-8(14)6-10(11)17-12(18)7-15-13(19)16-9-3-4-9/h2,5-6,9H,3-4,7H2,1H3,(H,17,18)(H2,15,16,19). The highest BCUT2D eigenvalue weighted by molar-refractivity contribution is 6.31. The molecule has 1 aliphatic rings. The second-order valence-electron chi connectivity index (χ2n) is 4.49. The Morgan fingerprint density at radius 2 is 2.15 bits per heavy atom. The SMILES string of the molecule is COc1ccc(Cl)cc1NC(=O)CNC(=O)NC1CC1. The molecule has 0 atom stereocenters. The van der Waals surface area contributed by atoms with E-state index in [-0.39, 0.29) is 24.5 Å². The Bertz CT molecular complexity index is 518. The number of urea groups is 1. The summed E-state index contributed by atoms with van der Waals surface area (Å²) >= 11 is 5.86. The molecule has 3 N–H and O–H groups in total. The van der Waals surface area contributed by atoms with Crippen molar-refractivity contribution in [2.45, 2.75) is 18.9 Å². The Morgan fingerprint density at radius 1 is 1.40 bits per heavy atom. The summed E-state index contributed by atoms with van der Waals surface area (Å²) in [7, 11) is 1.50. The van der Waals surface area contributed by atoms with E-state index in [4.69, 9.17) is 16.3 Å². The number of rotatable bonds is 5. The lowest BCUT2D eigenvalue weighted by Gasteiger charge is -2.11. The Morgan fingerprint density at radius 3 is 2.80 bits per heavy atom. The van der Waals surface area contributed by atoms with Gasteiger partial charge in [-0.1, -0.05) is 11.6 Å². The molecule has 0 saturated heterocycles. The first-order valence-electron chi connectivity index (χ1n) is 6.26. The monoisotopic (exact) mass is 297 g/mol. The van der Waals surface area contributed by atoms with Gasteiger partial charge in [0.05, 0.1) is 19.3 Å². The van der Waals surface area contributed by atoms with Crippen LogP contribution in [0.4, 0.5) is 10.5 Å². The first-order chi connectivity index (χ1) is 9.58. The average Bonchev–Trinajstić information content (AvgIpc) is 3.21. The van der Waals surface area contributed by atoms with Gasteiger partial charge >= 0.3 is 6.03 Å². The number of anilines is 1. The maximum Gasteiger partial charge on any atom is 0.315 e. The molecule has 6 nitrogen and oxygen atoms in total. The topological polar surface area (TPSA) is 79.5 Å². The van der Waals surface area contributed by atoms with Gasteiger partial charge in [-0.25, -0.2) is 4.79 Å². The highest BCUT2D eigenvalue weighted by Gasteiger charge is 2.23. The minimum atomic E-state index is -0.350. The van der Waals surface area contributed by atoms with Crippen molar-refractivity contribution in [1.29, 1.82) is 0 Å². The lowest BCUT2D eigenvalue weighted by Crippen LogP contribution is -2.40. The van der Waals surface area contributed by atoms with Crippen molar-refractivity contribution in [1.82, 2.24) is 10.6 Å². The third-order valence-electron chi connectivity index (χ3n) is 2.76. The summed E-state index contributed by atoms with van der Waals surface area (Å²) in [4.78, 5) is 23.1. The third kappa shape index (κ3) is 4.31. The second-order valence-corrected chi connectivity index (χ2v) is 4.93. The van der Waals surface area contributed by atoms with Crippen LogP contribution in [0.3, 0.4) is 0 Å². The van der Waals surface area contributed by atoms with Gasteiger partial charge in [0.1, 0.15) is 5.75 Å². The number of carbonyl (C=O) groups is 2. The molecule has 2 rings (SSSR count).